The Balaban J connectivity index is 1.73. The number of hydrogen-bond acceptors (Lipinski definition) is 4. The van der Waals surface area contributed by atoms with Crippen LogP contribution < -0.4 is 9.62 Å². The Morgan fingerprint density at radius 1 is 0.905 bits per heavy atom. The van der Waals surface area contributed by atoms with Crippen molar-refractivity contribution in [2.75, 3.05) is 17.1 Å². The summed E-state index contributed by atoms with van der Waals surface area (Å²) < 4.78 is 27.1. The van der Waals surface area contributed by atoms with E-state index in [1.807, 2.05) is 56.3 Å². The number of carbonyl (C=O) groups is 2. The predicted octanol–water partition coefficient (Wildman–Crippen LogP) is 5.81. The van der Waals surface area contributed by atoms with Crippen LogP contribution in [0.4, 0.5) is 5.69 Å². The molecule has 1 fully saturated rings. The van der Waals surface area contributed by atoms with Crippen LogP contribution >= 0.6 is 11.6 Å². The van der Waals surface area contributed by atoms with Crippen LogP contribution in [0.3, 0.4) is 0 Å². The van der Waals surface area contributed by atoms with E-state index in [0.29, 0.717) is 10.7 Å². The number of sulfonamides is 1. The molecule has 3 aromatic carbocycles. The molecule has 0 unspecified atom stereocenters. The normalized spacial score (nSPS) is 14.7. The summed E-state index contributed by atoms with van der Waals surface area (Å²) >= 11 is 6.29. The first-order chi connectivity index (χ1) is 20.0. The average Bonchev–Trinajstić information content (AvgIpc) is 2.95. The summed E-state index contributed by atoms with van der Waals surface area (Å²) in [4.78, 5) is 29.8. The van der Waals surface area contributed by atoms with E-state index in [4.69, 9.17) is 11.6 Å². The van der Waals surface area contributed by atoms with Crippen molar-refractivity contribution in [1.29, 1.82) is 0 Å². The molecular weight excluding hydrogens is 570 g/mol. The zero-order valence-electron chi connectivity index (χ0n) is 24.6. The lowest BCUT2D eigenvalue weighted by Gasteiger charge is -2.35. The van der Waals surface area contributed by atoms with Gasteiger partial charge in [-0.3, -0.25) is 13.9 Å². The molecule has 0 aliphatic heterocycles. The van der Waals surface area contributed by atoms with Crippen LogP contribution in [0.1, 0.15) is 54.4 Å². The van der Waals surface area contributed by atoms with Crippen LogP contribution in [-0.2, 0) is 32.6 Å². The van der Waals surface area contributed by atoms with Crippen LogP contribution in [0.25, 0.3) is 0 Å². The van der Waals surface area contributed by atoms with E-state index >= 15 is 0 Å². The first-order valence-electron chi connectivity index (χ1n) is 14.4. The van der Waals surface area contributed by atoms with Gasteiger partial charge in [0.25, 0.3) is 0 Å². The SMILES string of the molecule is Cc1ccc(N(CC(=O)N(Cc2cccc(Cl)c2)[C@H](Cc2ccccc2)C(=O)NC2CCCCC2)S(C)(=O)=O)cc1C. The molecule has 0 heterocycles. The third kappa shape index (κ3) is 8.58. The van der Waals surface area contributed by atoms with Crippen molar-refractivity contribution in [3.8, 4) is 0 Å². The van der Waals surface area contributed by atoms with Crippen LogP contribution in [0, 0.1) is 13.8 Å². The van der Waals surface area contributed by atoms with E-state index < -0.39 is 28.5 Å². The molecule has 7 nitrogen and oxygen atoms in total. The Hall–Kier alpha value is -3.36. The lowest BCUT2D eigenvalue weighted by molar-refractivity contribution is -0.140. The maximum Gasteiger partial charge on any atom is 0.244 e. The molecule has 224 valence electrons. The van der Waals surface area contributed by atoms with Gasteiger partial charge in [0.15, 0.2) is 0 Å². The summed E-state index contributed by atoms with van der Waals surface area (Å²) in [6.45, 7) is 3.50. The van der Waals surface area contributed by atoms with Gasteiger partial charge in [-0.2, -0.15) is 0 Å². The smallest absolute Gasteiger partial charge is 0.244 e. The fourth-order valence-corrected chi connectivity index (χ4v) is 6.48. The third-order valence-electron chi connectivity index (χ3n) is 7.92. The van der Waals surface area contributed by atoms with Crippen molar-refractivity contribution >= 4 is 39.1 Å². The highest BCUT2D eigenvalue weighted by atomic mass is 35.5. The largest absolute Gasteiger partial charge is 0.352 e. The van der Waals surface area contributed by atoms with Crippen molar-refractivity contribution in [3.63, 3.8) is 0 Å². The van der Waals surface area contributed by atoms with Gasteiger partial charge in [-0.15, -0.1) is 0 Å². The van der Waals surface area contributed by atoms with Gasteiger partial charge in [-0.05, 0) is 73.2 Å². The number of hydrogen-bond donors (Lipinski definition) is 1. The molecule has 1 N–H and O–H groups in total. The minimum Gasteiger partial charge on any atom is -0.352 e. The van der Waals surface area contributed by atoms with E-state index in [1.165, 1.54) is 4.90 Å². The topological polar surface area (TPSA) is 86.8 Å². The molecule has 0 aromatic heterocycles. The molecule has 2 amide bonds. The second-order valence-electron chi connectivity index (χ2n) is 11.2. The Kier molecular flexibility index (Phi) is 10.7. The Morgan fingerprint density at radius 2 is 1.60 bits per heavy atom. The lowest BCUT2D eigenvalue weighted by atomic mass is 9.94. The molecule has 0 radical (unpaired) electrons. The number of halogens is 1. The van der Waals surface area contributed by atoms with E-state index in [2.05, 4.69) is 5.32 Å². The van der Waals surface area contributed by atoms with Gasteiger partial charge in [0, 0.05) is 24.0 Å². The highest BCUT2D eigenvalue weighted by Crippen LogP contribution is 2.24. The summed E-state index contributed by atoms with van der Waals surface area (Å²) in [5, 5.41) is 3.72. The highest BCUT2D eigenvalue weighted by molar-refractivity contribution is 7.92. The van der Waals surface area contributed by atoms with E-state index in [1.54, 1.807) is 30.3 Å². The first-order valence-corrected chi connectivity index (χ1v) is 16.7. The molecular formula is C33H40ClN3O4S. The molecule has 4 rings (SSSR count). The van der Waals surface area contributed by atoms with E-state index in [-0.39, 0.29) is 24.9 Å². The van der Waals surface area contributed by atoms with Crippen molar-refractivity contribution in [3.05, 3.63) is 100 Å². The van der Waals surface area contributed by atoms with Crippen LogP contribution in [0.2, 0.25) is 5.02 Å². The van der Waals surface area contributed by atoms with Gasteiger partial charge in [0.1, 0.15) is 12.6 Å². The Labute approximate surface area is 254 Å². The maximum atomic E-state index is 14.2. The van der Waals surface area contributed by atoms with Crippen LogP contribution in [-0.4, -0.2) is 50.0 Å². The molecule has 0 spiro atoms. The van der Waals surface area contributed by atoms with Gasteiger partial charge in [0.2, 0.25) is 21.8 Å². The summed E-state index contributed by atoms with van der Waals surface area (Å²) in [5.74, 6) is -0.712. The fraction of sp³-hybridized carbons (Fsp3) is 0.394. The summed E-state index contributed by atoms with van der Waals surface area (Å²) in [7, 11) is -3.82. The average molecular weight is 610 g/mol. The standard InChI is InChI=1S/C33H40ClN3O4S/c1-24-17-18-30(19-25(24)2)37(42(3,40)41)23-32(38)36(22-27-13-10-14-28(34)20-27)31(21-26-11-6-4-7-12-26)33(39)35-29-15-8-5-9-16-29/h4,6-7,10-14,17-20,29,31H,5,8-9,15-16,21-23H2,1-3H3,(H,35,39)/t31-/m1/s1. The van der Waals surface area contributed by atoms with Gasteiger partial charge in [-0.25, -0.2) is 8.42 Å². The van der Waals surface area contributed by atoms with Gasteiger partial charge < -0.3 is 10.2 Å². The molecule has 1 saturated carbocycles. The number of carbonyl (C=O) groups excluding carboxylic acids is 2. The monoisotopic (exact) mass is 609 g/mol. The van der Waals surface area contributed by atoms with Gasteiger partial charge in [0.05, 0.1) is 11.9 Å². The zero-order chi connectivity index (χ0) is 30.3. The second-order valence-corrected chi connectivity index (χ2v) is 13.6. The van der Waals surface area contributed by atoms with Crippen LogP contribution in [0.5, 0.6) is 0 Å². The molecule has 9 heteroatoms. The van der Waals surface area contributed by atoms with Crippen molar-refractivity contribution in [2.45, 2.75) is 71.0 Å². The highest BCUT2D eigenvalue weighted by Gasteiger charge is 2.34. The van der Waals surface area contributed by atoms with Crippen LogP contribution in [0.15, 0.2) is 72.8 Å². The number of aryl methyl sites for hydroxylation is 2. The minimum atomic E-state index is -3.82. The number of amides is 2. The van der Waals surface area contributed by atoms with Crippen molar-refractivity contribution in [2.24, 2.45) is 0 Å². The molecule has 1 atom stereocenters. The number of nitrogens with zero attached hydrogens (tertiary/aromatic N) is 2. The first kappa shape index (κ1) is 31.6. The molecule has 0 bridgehead atoms. The van der Waals surface area contributed by atoms with E-state index in [0.717, 1.165) is 64.9 Å². The van der Waals surface area contributed by atoms with Gasteiger partial charge in [-0.1, -0.05) is 79.4 Å². The molecule has 42 heavy (non-hydrogen) atoms. The summed E-state index contributed by atoms with van der Waals surface area (Å²) in [6, 6.07) is 21.2. The number of benzene rings is 3. The zero-order valence-corrected chi connectivity index (χ0v) is 26.1. The summed E-state index contributed by atoms with van der Waals surface area (Å²) in [5.41, 5.74) is 3.99. The lowest BCUT2D eigenvalue weighted by Crippen LogP contribution is -2.55. The molecule has 1 aliphatic rings. The van der Waals surface area contributed by atoms with Crippen molar-refractivity contribution in [1.82, 2.24) is 10.2 Å². The summed E-state index contributed by atoms with van der Waals surface area (Å²) in [6.07, 6.45) is 6.44. The molecule has 1 aliphatic carbocycles. The third-order valence-corrected chi connectivity index (χ3v) is 9.30. The van der Waals surface area contributed by atoms with Gasteiger partial charge >= 0.3 is 0 Å². The maximum absolute atomic E-state index is 14.2. The van der Waals surface area contributed by atoms with Crippen molar-refractivity contribution < 1.29 is 18.0 Å². The fourth-order valence-electron chi connectivity index (χ4n) is 5.42. The Morgan fingerprint density at radius 3 is 2.24 bits per heavy atom. The molecule has 3 aromatic rings. The number of nitrogens with one attached hydrogen (secondary N) is 1. The predicted molar refractivity (Wildman–Crippen MR) is 169 cm³/mol. The second kappa shape index (κ2) is 14.2. The quantitative estimate of drug-likeness (QED) is 0.297. The number of anilines is 1. The molecule has 0 saturated heterocycles. The minimum absolute atomic E-state index is 0.0516. The number of rotatable bonds is 11. The van der Waals surface area contributed by atoms with E-state index in [9.17, 15) is 18.0 Å². The Bertz CT molecular complexity index is 1490.